The lowest BCUT2D eigenvalue weighted by atomic mass is 10.1. The van der Waals surface area contributed by atoms with Crippen LogP contribution in [0.25, 0.3) is 0 Å². The first kappa shape index (κ1) is 12.9. The average Bonchev–Trinajstić information content (AvgIpc) is 2.50. The van der Waals surface area contributed by atoms with E-state index >= 15 is 0 Å². The minimum absolute atomic E-state index is 0.130. The van der Waals surface area contributed by atoms with Gasteiger partial charge < -0.3 is 15.5 Å². The molecule has 1 heterocycles. The van der Waals surface area contributed by atoms with Crippen LogP contribution in [0.15, 0.2) is 24.3 Å². The Hall–Kier alpha value is -1.55. The number of nitrogen functional groups attached to an aromatic ring is 1. The van der Waals surface area contributed by atoms with Crippen LogP contribution in [0.2, 0.25) is 0 Å². The lowest BCUT2D eigenvalue weighted by Gasteiger charge is -2.30. The van der Waals surface area contributed by atoms with Crippen LogP contribution in [0, 0.1) is 5.41 Å². The van der Waals surface area contributed by atoms with Crippen molar-refractivity contribution >= 4 is 11.5 Å². The molecule has 1 aromatic rings. The summed E-state index contributed by atoms with van der Waals surface area (Å²) in [6.07, 6.45) is 1.19. The first-order valence-corrected chi connectivity index (χ1v) is 6.47. The zero-order valence-corrected chi connectivity index (χ0v) is 11.2. The van der Waals surface area contributed by atoms with Crippen molar-refractivity contribution in [2.24, 2.45) is 5.73 Å². The smallest absolute Gasteiger partial charge is 0.122 e. The quantitative estimate of drug-likeness (QED) is 0.614. The highest BCUT2D eigenvalue weighted by atomic mass is 15.2. The molecule has 0 saturated carbocycles. The number of likely N-dealkylation sites (N-methyl/N-ethyl adjacent to an activating group) is 1. The van der Waals surface area contributed by atoms with Crippen LogP contribution in [-0.2, 0) is 0 Å². The topological polar surface area (TPSA) is 56.4 Å². The van der Waals surface area contributed by atoms with Crippen LogP contribution < -0.4 is 10.6 Å². The lowest BCUT2D eigenvalue weighted by Crippen LogP contribution is -2.37. The van der Waals surface area contributed by atoms with Crippen molar-refractivity contribution in [2.75, 3.05) is 31.6 Å². The fourth-order valence-corrected chi connectivity index (χ4v) is 2.59. The molecule has 2 rings (SSSR count). The molecule has 1 aliphatic rings. The van der Waals surface area contributed by atoms with E-state index in [2.05, 4.69) is 35.9 Å². The molecule has 4 heteroatoms. The van der Waals surface area contributed by atoms with Crippen molar-refractivity contribution < 1.29 is 0 Å². The highest BCUT2D eigenvalue weighted by molar-refractivity contribution is 5.95. The fourth-order valence-electron chi connectivity index (χ4n) is 2.59. The monoisotopic (exact) mass is 246 g/mol. The fraction of sp³-hybridized carbons (Fsp3) is 0.500. The number of nitrogens with one attached hydrogen (secondary N) is 1. The molecule has 4 nitrogen and oxygen atoms in total. The van der Waals surface area contributed by atoms with E-state index in [4.69, 9.17) is 11.1 Å². The number of anilines is 1. The summed E-state index contributed by atoms with van der Waals surface area (Å²) in [5.74, 6) is 0.130. The number of amidine groups is 1. The Kier molecular flexibility index (Phi) is 3.87. The molecule has 1 fully saturated rings. The first-order chi connectivity index (χ1) is 8.58. The molecule has 3 N–H and O–H groups in total. The maximum atomic E-state index is 7.41. The van der Waals surface area contributed by atoms with Crippen LogP contribution in [0.1, 0.15) is 18.9 Å². The van der Waals surface area contributed by atoms with E-state index in [0.29, 0.717) is 6.04 Å². The molecule has 0 aromatic heterocycles. The van der Waals surface area contributed by atoms with Gasteiger partial charge in [-0.3, -0.25) is 5.41 Å². The van der Waals surface area contributed by atoms with Gasteiger partial charge in [-0.05, 0) is 51.2 Å². The van der Waals surface area contributed by atoms with E-state index in [1.54, 1.807) is 0 Å². The second-order valence-corrected chi connectivity index (χ2v) is 5.12. The zero-order valence-electron chi connectivity index (χ0n) is 11.2. The van der Waals surface area contributed by atoms with Crippen LogP contribution >= 0.6 is 0 Å². The van der Waals surface area contributed by atoms with E-state index in [1.165, 1.54) is 12.1 Å². The van der Waals surface area contributed by atoms with Gasteiger partial charge in [-0.25, -0.2) is 0 Å². The number of hydrogen-bond acceptors (Lipinski definition) is 3. The molecule has 0 spiro atoms. The highest BCUT2D eigenvalue weighted by Crippen LogP contribution is 2.20. The molecule has 0 bridgehead atoms. The van der Waals surface area contributed by atoms with Gasteiger partial charge in [0, 0.05) is 30.4 Å². The second-order valence-electron chi connectivity index (χ2n) is 5.12. The standard InChI is InChI=1S/C14H22N4/c1-11-10-17(2)8-3-9-18(11)13-6-4-12(5-7-13)14(15)16/h4-7,11H,3,8-10H2,1-2H3,(H3,15,16). The molecule has 18 heavy (non-hydrogen) atoms. The predicted octanol–water partition coefficient (Wildman–Crippen LogP) is 1.50. The Morgan fingerprint density at radius 2 is 1.94 bits per heavy atom. The van der Waals surface area contributed by atoms with Gasteiger partial charge in [-0.1, -0.05) is 0 Å². The van der Waals surface area contributed by atoms with Gasteiger partial charge in [0.05, 0.1) is 0 Å². The zero-order chi connectivity index (χ0) is 13.1. The van der Waals surface area contributed by atoms with Crippen molar-refractivity contribution in [1.29, 1.82) is 5.41 Å². The minimum atomic E-state index is 0.130. The first-order valence-electron chi connectivity index (χ1n) is 6.47. The molecule has 0 amide bonds. The van der Waals surface area contributed by atoms with Gasteiger partial charge in [0.15, 0.2) is 0 Å². The van der Waals surface area contributed by atoms with E-state index in [0.717, 1.165) is 25.2 Å². The average molecular weight is 246 g/mol. The van der Waals surface area contributed by atoms with Crippen LogP contribution in [0.4, 0.5) is 5.69 Å². The van der Waals surface area contributed by atoms with Gasteiger partial charge in [0.2, 0.25) is 0 Å². The third kappa shape index (κ3) is 2.82. The van der Waals surface area contributed by atoms with Crippen LogP contribution in [0.5, 0.6) is 0 Å². The highest BCUT2D eigenvalue weighted by Gasteiger charge is 2.19. The number of benzene rings is 1. The summed E-state index contributed by atoms with van der Waals surface area (Å²) in [6, 6.07) is 8.51. The normalized spacial score (nSPS) is 21.7. The van der Waals surface area contributed by atoms with Crippen molar-refractivity contribution in [3.8, 4) is 0 Å². The Morgan fingerprint density at radius 3 is 2.56 bits per heavy atom. The van der Waals surface area contributed by atoms with Gasteiger partial charge in [-0.15, -0.1) is 0 Å². The van der Waals surface area contributed by atoms with Crippen LogP contribution in [0.3, 0.4) is 0 Å². The molecule has 0 aliphatic carbocycles. The lowest BCUT2D eigenvalue weighted by molar-refractivity contribution is 0.337. The summed E-state index contributed by atoms with van der Waals surface area (Å²) in [6.45, 7) is 5.60. The minimum Gasteiger partial charge on any atom is -0.384 e. The Morgan fingerprint density at radius 1 is 1.28 bits per heavy atom. The van der Waals surface area contributed by atoms with Crippen molar-refractivity contribution in [2.45, 2.75) is 19.4 Å². The van der Waals surface area contributed by atoms with Gasteiger partial charge in [0.1, 0.15) is 5.84 Å². The second kappa shape index (κ2) is 5.40. The van der Waals surface area contributed by atoms with Gasteiger partial charge in [0.25, 0.3) is 0 Å². The summed E-state index contributed by atoms with van der Waals surface area (Å²) in [4.78, 5) is 4.82. The number of nitrogens with zero attached hydrogens (tertiary/aromatic N) is 2. The molecule has 98 valence electrons. The van der Waals surface area contributed by atoms with Gasteiger partial charge >= 0.3 is 0 Å². The Bertz CT molecular complexity index is 412. The third-order valence-corrected chi connectivity index (χ3v) is 3.56. The summed E-state index contributed by atoms with van der Waals surface area (Å²) in [5, 5.41) is 7.41. The largest absolute Gasteiger partial charge is 0.384 e. The molecule has 1 saturated heterocycles. The molecule has 0 radical (unpaired) electrons. The van der Waals surface area contributed by atoms with Gasteiger partial charge in [-0.2, -0.15) is 0 Å². The van der Waals surface area contributed by atoms with Crippen molar-refractivity contribution in [3.05, 3.63) is 29.8 Å². The molecular weight excluding hydrogens is 224 g/mol. The molecule has 1 unspecified atom stereocenters. The third-order valence-electron chi connectivity index (χ3n) is 3.56. The van der Waals surface area contributed by atoms with E-state index in [1.807, 2.05) is 12.1 Å². The number of hydrogen-bond donors (Lipinski definition) is 2. The van der Waals surface area contributed by atoms with E-state index in [-0.39, 0.29) is 5.84 Å². The maximum absolute atomic E-state index is 7.41. The molecule has 1 aromatic carbocycles. The summed E-state index contributed by atoms with van der Waals surface area (Å²) in [5.41, 5.74) is 7.49. The summed E-state index contributed by atoms with van der Waals surface area (Å²) in [7, 11) is 2.18. The van der Waals surface area contributed by atoms with Crippen molar-refractivity contribution in [3.63, 3.8) is 0 Å². The van der Waals surface area contributed by atoms with Crippen LogP contribution in [-0.4, -0.2) is 43.5 Å². The molecule has 1 atom stereocenters. The summed E-state index contributed by atoms with van der Waals surface area (Å²) < 4.78 is 0. The number of nitrogens with two attached hydrogens (primary N) is 1. The Balaban J connectivity index is 2.16. The molecule has 1 aliphatic heterocycles. The predicted molar refractivity (Wildman–Crippen MR) is 76.4 cm³/mol. The SMILES string of the molecule is CC1CN(C)CCCN1c1ccc(C(=N)N)cc1. The van der Waals surface area contributed by atoms with Crippen molar-refractivity contribution in [1.82, 2.24) is 4.90 Å². The summed E-state index contributed by atoms with van der Waals surface area (Å²) >= 11 is 0. The molecular formula is C14H22N4. The maximum Gasteiger partial charge on any atom is 0.122 e. The van der Waals surface area contributed by atoms with E-state index < -0.39 is 0 Å². The Labute approximate surface area is 109 Å². The van der Waals surface area contributed by atoms with E-state index in [9.17, 15) is 0 Å². The number of rotatable bonds is 2.